The van der Waals surface area contributed by atoms with Gasteiger partial charge in [-0.15, -0.1) is 5.10 Å². The lowest BCUT2D eigenvalue weighted by Gasteiger charge is -1.96. The molecule has 20 heavy (non-hydrogen) atoms. The molecule has 0 aliphatic rings. The SMILES string of the molecule is Cc1nnsc1C(=O)N/N=C\c1ccc([N+](=O)[O-])cc1. The van der Waals surface area contributed by atoms with Crippen LogP contribution in [0.2, 0.25) is 0 Å². The third kappa shape index (κ3) is 3.20. The third-order valence-electron chi connectivity index (χ3n) is 2.34. The fourth-order valence-electron chi connectivity index (χ4n) is 1.34. The summed E-state index contributed by atoms with van der Waals surface area (Å²) in [5, 5.41) is 18.0. The monoisotopic (exact) mass is 291 g/mol. The number of nitro benzene ring substituents is 1. The molecule has 1 aromatic heterocycles. The Morgan fingerprint density at radius 1 is 1.45 bits per heavy atom. The topological polar surface area (TPSA) is 110 Å². The van der Waals surface area contributed by atoms with Crippen LogP contribution in [0, 0.1) is 17.0 Å². The molecule has 1 amide bonds. The summed E-state index contributed by atoms with van der Waals surface area (Å²) in [6.07, 6.45) is 1.39. The van der Waals surface area contributed by atoms with Crippen molar-refractivity contribution in [1.29, 1.82) is 0 Å². The highest BCUT2D eigenvalue weighted by molar-refractivity contribution is 7.07. The summed E-state index contributed by atoms with van der Waals surface area (Å²) < 4.78 is 3.65. The summed E-state index contributed by atoms with van der Waals surface area (Å²) in [6, 6.07) is 5.79. The summed E-state index contributed by atoms with van der Waals surface area (Å²) >= 11 is 0.987. The maximum absolute atomic E-state index is 11.7. The van der Waals surface area contributed by atoms with Gasteiger partial charge in [0.05, 0.1) is 16.8 Å². The molecule has 0 bridgehead atoms. The fraction of sp³-hybridized carbons (Fsp3) is 0.0909. The minimum Gasteiger partial charge on any atom is -0.266 e. The van der Waals surface area contributed by atoms with E-state index in [2.05, 4.69) is 20.1 Å². The lowest BCUT2D eigenvalue weighted by molar-refractivity contribution is -0.384. The summed E-state index contributed by atoms with van der Waals surface area (Å²) in [6.45, 7) is 1.68. The molecule has 0 aliphatic heterocycles. The van der Waals surface area contributed by atoms with Gasteiger partial charge >= 0.3 is 0 Å². The van der Waals surface area contributed by atoms with Crippen molar-refractivity contribution in [2.24, 2.45) is 5.10 Å². The zero-order chi connectivity index (χ0) is 14.5. The number of nitro groups is 1. The second-order valence-electron chi connectivity index (χ2n) is 3.74. The second-order valence-corrected chi connectivity index (χ2v) is 4.49. The van der Waals surface area contributed by atoms with Gasteiger partial charge in [0.2, 0.25) is 0 Å². The summed E-state index contributed by atoms with van der Waals surface area (Å²) in [5.74, 6) is -0.393. The molecule has 0 radical (unpaired) electrons. The molecule has 1 N–H and O–H groups in total. The van der Waals surface area contributed by atoms with Crippen molar-refractivity contribution < 1.29 is 9.72 Å². The molecule has 0 aliphatic carbocycles. The average Bonchev–Trinajstić information content (AvgIpc) is 2.85. The highest BCUT2D eigenvalue weighted by atomic mass is 32.1. The smallest absolute Gasteiger partial charge is 0.266 e. The molecular formula is C11H9N5O3S. The van der Waals surface area contributed by atoms with Crippen LogP contribution in [-0.4, -0.2) is 26.6 Å². The minimum absolute atomic E-state index is 0.00227. The molecule has 102 valence electrons. The van der Waals surface area contributed by atoms with Gasteiger partial charge in [-0.25, -0.2) is 5.43 Å². The first-order chi connectivity index (χ1) is 9.58. The van der Waals surface area contributed by atoms with E-state index in [0.29, 0.717) is 16.1 Å². The lowest BCUT2D eigenvalue weighted by atomic mass is 10.2. The fourth-order valence-corrected chi connectivity index (χ4v) is 1.88. The maximum atomic E-state index is 11.7. The predicted molar refractivity (Wildman–Crippen MR) is 72.8 cm³/mol. The van der Waals surface area contributed by atoms with E-state index in [1.165, 1.54) is 30.5 Å². The number of aromatic nitrogens is 2. The van der Waals surface area contributed by atoms with Gasteiger partial charge in [-0.2, -0.15) is 5.10 Å². The first-order valence-corrected chi connectivity index (χ1v) is 6.22. The Morgan fingerprint density at radius 3 is 2.70 bits per heavy atom. The van der Waals surface area contributed by atoms with Gasteiger partial charge < -0.3 is 0 Å². The van der Waals surface area contributed by atoms with Gasteiger partial charge in [-0.3, -0.25) is 14.9 Å². The van der Waals surface area contributed by atoms with Crippen molar-refractivity contribution in [2.75, 3.05) is 0 Å². The number of nitrogens with zero attached hydrogens (tertiary/aromatic N) is 4. The summed E-state index contributed by atoms with van der Waals surface area (Å²) in [4.78, 5) is 22.1. The van der Waals surface area contributed by atoms with Crippen LogP contribution in [0.5, 0.6) is 0 Å². The number of amides is 1. The molecule has 8 nitrogen and oxygen atoms in total. The average molecular weight is 291 g/mol. The minimum atomic E-state index is -0.484. The van der Waals surface area contributed by atoms with Crippen LogP contribution < -0.4 is 5.43 Å². The molecule has 0 saturated carbocycles. The molecule has 2 aromatic rings. The highest BCUT2D eigenvalue weighted by Crippen LogP contribution is 2.11. The van der Waals surface area contributed by atoms with E-state index in [1.54, 1.807) is 6.92 Å². The Bertz CT molecular complexity index is 665. The van der Waals surface area contributed by atoms with Crippen molar-refractivity contribution in [2.45, 2.75) is 6.92 Å². The Hall–Kier alpha value is -2.68. The van der Waals surface area contributed by atoms with E-state index >= 15 is 0 Å². The van der Waals surface area contributed by atoms with Gasteiger partial charge in [0.1, 0.15) is 4.88 Å². The first-order valence-electron chi connectivity index (χ1n) is 5.45. The van der Waals surface area contributed by atoms with Crippen LogP contribution in [0.1, 0.15) is 20.9 Å². The third-order valence-corrected chi connectivity index (χ3v) is 3.17. The van der Waals surface area contributed by atoms with Crippen molar-refractivity contribution in [3.8, 4) is 0 Å². The van der Waals surface area contributed by atoms with Gasteiger partial charge in [-0.1, -0.05) is 4.49 Å². The maximum Gasteiger partial charge on any atom is 0.285 e. The van der Waals surface area contributed by atoms with E-state index in [1.807, 2.05) is 0 Å². The van der Waals surface area contributed by atoms with Crippen LogP contribution in [-0.2, 0) is 0 Å². The van der Waals surface area contributed by atoms with Crippen molar-refractivity contribution >= 4 is 29.3 Å². The van der Waals surface area contributed by atoms with Crippen LogP contribution in [0.15, 0.2) is 29.4 Å². The van der Waals surface area contributed by atoms with Crippen molar-refractivity contribution in [3.05, 3.63) is 50.5 Å². The number of non-ortho nitro benzene ring substituents is 1. The molecule has 0 saturated heterocycles. The van der Waals surface area contributed by atoms with Crippen LogP contribution in [0.3, 0.4) is 0 Å². The number of aryl methyl sites for hydroxylation is 1. The molecular weight excluding hydrogens is 282 g/mol. The van der Waals surface area contributed by atoms with E-state index < -0.39 is 10.8 Å². The number of carbonyl (C=O) groups excluding carboxylic acids is 1. The second kappa shape index (κ2) is 5.97. The summed E-state index contributed by atoms with van der Waals surface area (Å²) in [7, 11) is 0. The van der Waals surface area contributed by atoms with Gasteiger partial charge in [-0.05, 0) is 36.2 Å². The van der Waals surface area contributed by atoms with Crippen molar-refractivity contribution in [3.63, 3.8) is 0 Å². The lowest BCUT2D eigenvalue weighted by Crippen LogP contribution is -2.17. The van der Waals surface area contributed by atoms with E-state index in [-0.39, 0.29) is 5.69 Å². The molecule has 1 aromatic carbocycles. The number of hydrogen-bond donors (Lipinski definition) is 1. The number of nitrogens with one attached hydrogen (secondary N) is 1. The first kappa shape index (κ1) is 13.7. The zero-order valence-corrected chi connectivity index (χ0v) is 11.1. The highest BCUT2D eigenvalue weighted by Gasteiger charge is 2.11. The number of hydrogen-bond acceptors (Lipinski definition) is 7. The number of rotatable bonds is 4. The molecule has 0 spiro atoms. The van der Waals surface area contributed by atoms with E-state index in [0.717, 1.165) is 11.5 Å². The van der Waals surface area contributed by atoms with E-state index in [9.17, 15) is 14.9 Å². The number of hydrazone groups is 1. The molecule has 0 unspecified atom stereocenters. The summed E-state index contributed by atoms with van der Waals surface area (Å²) in [5.41, 5.74) is 3.51. The van der Waals surface area contributed by atoms with Gasteiger partial charge in [0, 0.05) is 12.1 Å². The molecule has 2 rings (SSSR count). The predicted octanol–water partition coefficient (Wildman–Crippen LogP) is 1.52. The molecule has 1 heterocycles. The van der Waals surface area contributed by atoms with E-state index in [4.69, 9.17) is 0 Å². The van der Waals surface area contributed by atoms with Crippen LogP contribution in [0.4, 0.5) is 5.69 Å². The Morgan fingerprint density at radius 2 is 2.15 bits per heavy atom. The number of carbonyl (C=O) groups is 1. The molecule has 0 fully saturated rings. The number of benzene rings is 1. The van der Waals surface area contributed by atoms with Gasteiger partial charge in [0.25, 0.3) is 11.6 Å². The van der Waals surface area contributed by atoms with Crippen LogP contribution >= 0.6 is 11.5 Å². The Balaban J connectivity index is 1.98. The Labute approximate surface area is 117 Å². The standard InChI is InChI=1S/C11H9N5O3S/c1-7-10(20-15-13-7)11(17)14-12-6-8-2-4-9(5-3-8)16(18)19/h2-6H,1H3,(H,14,17)/b12-6-. The van der Waals surface area contributed by atoms with Crippen molar-refractivity contribution in [1.82, 2.24) is 15.0 Å². The molecule has 9 heteroatoms. The zero-order valence-electron chi connectivity index (χ0n) is 10.3. The van der Waals surface area contributed by atoms with Crippen LogP contribution in [0.25, 0.3) is 0 Å². The normalized spacial score (nSPS) is 10.7. The van der Waals surface area contributed by atoms with Gasteiger partial charge in [0.15, 0.2) is 0 Å². The Kier molecular flexibility index (Phi) is 4.11. The quantitative estimate of drug-likeness (QED) is 0.521. The molecule has 0 atom stereocenters. The largest absolute Gasteiger partial charge is 0.285 e.